The standard InChI is InChI=1S/C14H19BrN2O/c1-3-14(6-7-16-9-14)13(18)17-11-5-4-10(2)12(15)8-11/h4-5,8,16H,3,6-7,9H2,1-2H3,(H,17,18). The van der Waals surface area contributed by atoms with Crippen molar-refractivity contribution in [3.8, 4) is 0 Å². The van der Waals surface area contributed by atoms with Gasteiger partial charge in [-0.1, -0.05) is 28.9 Å². The largest absolute Gasteiger partial charge is 0.326 e. The summed E-state index contributed by atoms with van der Waals surface area (Å²) in [6.45, 7) is 5.82. The van der Waals surface area contributed by atoms with Crippen LogP contribution in [0.2, 0.25) is 0 Å². The molecule has 2 N–H and O–H groups in total. The quantitative estimate of drug-likeness (QED) is 0.901. The van der Waals surface area contributed by atoms with Gasteiger partial charge in [0, 0.05) is 16.7 Å². The van der Waals surface area contributed by atoms with Crippen molar-refractivity contribution in [3.63, 3.8) is 0 Å². The summed E-state index contributed by atoms with van der Waals surface area (Å²) in [6.07, 6.45) is 1.79. The fraction of sp³-hybridized carbons (Fsp3) is 0.500. The zero-order chi connectivity index (χ0) is 13.2. The molecule has 1 aromatic rings. The summed E-state index contributed by atoms with van der Waals surface area (Å²) in [5.41, 5.74) is 1.79. The molecule has 0 radical (unpaired) electrons. The Morgan fingerprint density at radius 3 is 2.89 bits per heavy atom. The first kappa shape index (κ1) is 13.6. The van der Waals surface area contributed by atoms with Crippen molar-refractivity contribution in [2.45, 2.75) is 26.7 Å². The molecule has 1 aliphatic heterocycles. The number of aryl methyl sites for hydroxylation is 1. The van der Waals surface area contributed by atoms with E-state index in [1.54, 1.807) is 0 Å². The number of hydrogen-bond acceptors (Lipinski definition) is 2. The fourth-order valence-corrected chi connectivity index (χ4v) is 2.71. The molecule has 1 amide bonds. The maximum atomic E-state index is 12.4. The number of anilines is 1. The molecule has 2 rings (SSSR count). The second-order valence-electron chi connectivity index (χ2n) is 4.98. The van der Waals surface area contributed by atoms with Gasteiger partial charge in [0.05, 0.1) is 5.41 Å². The lowest BCUT2D eigenvalue weighted by Gasteiger charge is -2.25. The Morgan fingerprint density at radius 1 is 1.56 bits per heavy atom. The van der Waals surface area contributed by atoms with Gasteiger partial charge in [-0.25, -0.2) is 0 Å². The molecule has 1 saturated heterocycles. The molecule has 1 aromatic carbocycles. The Bertz CT molecular complexity index is 453. The van der Waals surface area contributed by atoms with E-state index in [2.05, 4.69) is 33.5 Å². The van der Waals surface area contributed by atoms with Crippen LogP contribution in [0.4, 0.5) is 5.69 Å². The Balaban J connectivity index is 2.13. The Kier molecular flexibility index (Phi) is 4.07. The van der Waals surface area contributed by atoms with E-state index in [9.17, 15) is 4.79 Å². The van der Waals surface area contributed by atoms with E-state index in [0.717, 1.165) is 36.1 Å². The lowest BCUT2D eigenvalue weighted by atomic mass is 9.83. The van der Waals surface area contributed by atoms with Crippen LogP contribution in [0.25, 0.3) is 0 Å². The molecule has 0 aromatic heterocycles. The minimum Gasteiger partial charge on any atom is -0.326 e. The summed E-state index contributed by atoms with van der Waals surface area (Å²) in [4.78, 5) is 12.4. The van der Waals surface area contributed by atoms with Crippen LogP contribution in [0.1, 0.15) is 25.3 Å². The number of hydrogen-bond donors (Lipinski definition) is 2. The Hall–Kier alpha value is -0.870. The lowest BCUT2D eigenvalue weighted by Crippen LogP contribution is -2.37. The summed E-state index contributed by atoms with van der Waals surface area (Å²) in [5, 5.41) is 6.32. The molecule has 0 spiro atoms. The van der Waals surface area contributed by atoms with Crippen LogP contribution in [0.3, 0.4) is 0 Å². The molecular formula is C14H19BrN2O. The van der Waals surface area contributed by atoms with Crippen molar-refractivity contribution >= 4 is 27.5 Å². The first-order valence-corrected chi connectivity index (χ1v) is 7.15. The third-order valence-corrected chi connectivity index (χ3v) is 4.69. The van der Waals surface area contributed by atoms with Crippen LogP contribution in [0.5, 0.6) is 0 Å². The van der Waals surface area contributed by atoms with E-state index in [1.807, 2.05) is 25.1 Å². The van der Waals surface area contributed by atoms with Gasteiger partial charge in [0.15, 0.2) is 0 Å². The third kappa shape index (κ3) is 2.59. The predicted molar refractivity (Wildman–Crippen MR) is 77.7 cm³/mol. The van der Waals surface area contributed by atoms with Gasteiger partial charge in [0.25, 0.3) is 0 Å². The summed E-state index contributed by atoms with van der Waals surface area (Å²) >= 11 is 3.49. The number of benzene rings is 1. The van der Waals surface area contributed by atoms with E-state index >= 15 is 0 Å². The van der Waals surface area contributed by atoms with E-state index < -0.39 is 0 Å². The molecule has 4 heteroatoms. The number of amides is 1. The second kappa shape index (κ2) is 5.41. The average Bonchev–Trinajstić information content (AvgIpc) is 2.84. The fourth-order valence-electron chi connectivity index (χ4n) is 2.33. The molecule has 0 aliphatic carbocycles. The van der Waals surface area contributed by atoms with Crippen LogP contribution in [0, 0.1) is 12.3 Å². The van der Waals surface area contributed by atoms with Gasteiger partial charge < -0.3 is 10.6 Å². The smallest absolute Gasteiger partial charge is 0.231 e. The number of nitrogens with one attached hydrogen (secondary N) is 2. The number of halogens is 1. The van der Waals surface area contributed by atoms with Crippen molar-refractivity contribution in [3.05, 3.63) is 28.2 Å². The van der Waals surface area contributed by atoms with Gasteiger partial charge in [-0.05, 0) is 44.0 Å². The molecule has 0 bridgehead atoms. The minimum atomic E-state index is -0.239. The molecule has 18 heavy (non-hydrogen) atoms. The lowest BCUT2D eigenvalue weighted by molar-refractivity contribution is -0.124. The van der Waals surface area contributed by atoms with Gasteiger partial charge in [0.2, 0.25) is 5.91 Å². The Morgan fingerprint density at radius 2 is 2.33 bits per heavy atom. The zero-order valence-electron chi connectivity index (χ0n) is 10.8. The Labute approximate surface area is 116 Å². The highest BCUT2D eigenvalue weighted by Gasteiger charge is 2.39. The van der Waals surface area contributed by atoms with Gasteiger partial charge >= 0.3 is 0 Å². The van der Waals surface area contributed by atoms with Gasteiger partial charge in [-0.3, -0.25) is 4.79 Å². The maximum Gasteiger partial charge on any atom is 0.231 e. The second-order valence-corrected chi connectivity index (χ2v) is 5.83. The summed E-state index contributed by atoms with van der Waals surface area (Å²) in [6, 6.07) is 5.91. The molecule has 1 aliphatic rings. The molecule has 1 fully saturated rings. The highest BCUT2D eigenvalue weighted by molar-refractivity contribution is 9.10. The van der Waals surface area contributed by atoms with Crippen molar-refractivity contribution in [1.82, 2.24) is 5.32 Å². The zero-order valence-corrected chi connectivity index (χ0v) is 12.4. The monoisotopic (exact) mass is 310 g/mol. The van der Waals surface area contributed by atoms with Crippen LogP contribution < -0.4 is 10.6 Å². The minimum absolute atomic E-state index is 0.130. The molecule has 1 atom stereocenters. The van der Waals surface area contributed by atoms with Crippen LogP contribution in [-0.4, -0.2) is 19.0 Å². The highest BCUT2D eigenvalue weighted by atomic mass is 79.9. The van der Waals surface area contributed by atoms with E-state index in [1.165, 1.54) is 5.56 Å². The van der Waals surface area contributed by atoms with Crippen molar-refractivity contribution in [2.24, 2.45) is 5.41 Å². The molecular weight excluding hydrogens is 292 g/mol. The first-order chi connectivity index (χ1) is 8.57. The van der Waals surface area contributed by atoms with Gasteiger partial charge in [-0.15, -0.1) is 0 Å². The third-order valence-electron chi connectivity index (χ3n) is 3.83. The van der Waals surface area contributed by atoms with Crippen molar-refractivity contribution < 1.29 is 4.79 Å². The van der Waals surface area contributed by atoms with E-state index in [4.69, 9.17) is 0 Å². The summed E-state index contributed by atoms with van der Waals surface area (Å²) < 4.78 is 1.02. The summed E-state index contributed by atoms with van der Waals surface area (Å²) in [5.74, 6) is 0.130. The number of carbonyl (C=O) groups excluding carboxylic acids is 1. The SMILES string of the molecule is CCC1(C(=O)Nc2ccc(C)c(Br)c2)CCNC1. The topological polar surface area (TPSA) is 41.1 Å². The average molecular weight is 311 g/mol. The van der Waals surface area contributed by atoms with Crippen LogP contribution >= 0.6 is 15.9 Å². The van der Waals surface area contributed by atoms with Gasteiger partial charge in [-0.2, -0.15) is 0 Å². The van der Waals surface area contributed by atoms with Crippen LogP contribution in [-0.2, 0) is 4.79 Å². The maximum absolute atomic E-state index is 12.4. The van der Waals surface area contributed by atoms with E-state index in [0.29, 0.717) is 0 Å². The molecule has 98 valence electrons. The normalized spacial score (nSPS) is 23.1. The van der Waals surface area contributed by atoms with Crippen molar-refractivity contribution in [2.75, 3.05) is 18.4 Å². The van der Waals surface area contributed by atoms with Crippen molar-refractivity contribution in [1.29, 1.82) is 0 Å². The van der Waals surface area contributed by atoms with E-state index in [-0.39, 0.29) is 11.3 Å². The summed E-state index contributed by atoms with van der Waals surface area (Å²) in [7, 11) is 0. The highest BCUT2D eigenvalue weighted by Crippen LogP contribution is 2.31. The van der Waals surface area contributed by atoms with Gasteiger partial charge in [0.1, 0.15) is 0 Å². The number of rotatable bonds is 3. The molecule has 0 saturated carbocycles. The predicted octanol–water partition coefficient (Wildman–Crippen LogP) is 3.09. The first-order valence-electron chi connectivity index (χ1n) is 6.36. The number of carbonyl (C=O) groups is 1. The van der Waals surface area contributed by atoms with Crippen LogP contribution in [0.15, 0.2) is 22.7 Å². The molecule has 1 unspecified atom stereocenters. The molecule has 3 nitrogen and oxygen atoms in total. The molecule has 1 heterocycles.